The smallest absolute Gasteiger partial charge is 0.274 e. The summed E-state index contributed by atoms with van der Waals surface area (Å²) in [5.41, 5.74) is 4.56. The zero-order valence-electron chi connectivity index (χ0n) is 13.5. The van der Waals surface area contributed by atoms with Crippen LogP contribution in [0.15, 0.2) is 22.8 Å². The number of hydrogen-bond acceptors (Lipinski definition) is 3. The van der Waals surface area contributed by atoms with Crippen LogP contribution in [0.1, 0.15) is 39.3 Å². The highest BCUT2D eigenvalue weighted by Crippen LogP contribution is 2.49. The summed E-state index contributed by atoms with van der Waals surface area (Å²) < 4.78 is 28.2. The van der Waals surface area contributed by atoms with Gasteiger partial charge in [0.05, 0.1) is 11.3 Å². The van der Waals surface area contributed by atoms with Gasteiger partial charge in [0.1, 0.15) is 15.8 Å². The number of halogens is 4. The molecule has 0 atom stereocenters. The molecule has 0 bridgehead atoms. The Morgan fingerprint density at radius 3 is 2.58 bits per heavy atom. The molecule has 0 spiro atoms. The molecule has 2 amide bonds. The number of alkyl halides is 2. The molecule has 1 aliphatic rings. The van der Waals surface area contributed by atoms with Crippen LogP contribution in [0.3, 0.4) is 0 Å². The average molecular weight is 448 g/mol. The first-order chi connectivity index (χ1) is 12.2. The number of primary amides is 1. The fourth-order valence-electron chi connectivity index (χ4n) is 2.78. The van der Waals surface area contributed by atoms with E-state index in [1.807, 2.05) is 0 Å². The van der Waals surface area contributed by atoms with E-state index in [-0.39, 0.29) is 39.4 Å². The van der Waals surface area contributed by atoms with Crippen LogP contribution in [0.5, 0.6) is 0 Å². The highest BCUT2D eigenvalue weighted by Gasteiger charge is 2.55. The van der Waals surface area contributed by atoms with Crippen molar-refractivity contribution in [2.75, 3.05) is 5.32 Å². The Morgan fingerprint density at radius 2 is 2.04 bits per heavy atom. The van der Waals surface area contributed by atoms with Gasteiger partial charge in [0, 0.05) is 11.1 Å². The summed E-state index contributed by atoms with van der Waals surface area (Å²) in [6.07, 6.45) is -2.20. The predicted octanol–water partition coefficient (Wildman–Crippen LogP) is 3.71. The second-order valence-electron chi connectivity index (χ2n) is 6.13. The van der Waals surface area contributed by atoms with Crippen LogP contribution >= 0.6 is 27.5 Å². The van der Waals surface area contributed by atoms with Crippen LogP contribution in [0.4, 0.5) is 14.5 Å². The average Bonchev–Trinajstić information content (AvgIpc) is 3.26. The normalized spacial score (nSPS) is 15.2. The lowest BCUT2D eigenvalue weighted by Crippen LogP contribution is -2.31. The van der Waals surface area contributed by atoms with Gasteiger partial charge >= 0.3 is 0 Å². The maximum absolute atomic E-state index is 13.4. The maximum Gasteiger partial charge on any atom is 0.274 e. The molecule has 1 aromatic heterocycles. The molecule has 26 heavy (non-hydrogen) atoms. The first-order valence-corrected chi connectivity index (χ1v) is 8.78. The van der Waals surface area contributed by atoms with Gasteiger partial charge in [-0.2, -0.15) is 5.10 Å². The summed E-state index contributed by atoms with van der Waals surface area (Å²) in [7, 11) is 0. The number of nitrogens with zero attached hydrogens (tertiary/aromatic N) is 2. The van der Waals surface area contributed by atoms with Gasteiger partial charge in [0.15, 0.2) is 0 Å². The number of aryl methyl sites for hydroxylation is 1. The van der Waals surface area contributed by atoms with Crippen LogP contribution in [-0.4, -0.2) is 28.0 Å². The Kier molecular flexibility index (Phi) is 4.78. The number of nitrogens with two attached hydrogens (primary N) is 1. The Hall–Kier alpha value is -2.00. The number of anilines is 1. The summed E-state index contributed by atoms with van der Waals surface area (Å²) in [6, 6.07) is 4.24. The summed E-state index contributed by atoms with van der Waals surface area (Å²) >= 11 is 9.05. The number of aromatic nitrogens is 2. The molecule has 1 saturated carbocycles. The molecule has 10 heteroatoms. The van der Waals surface area contributed by atoms with Crippen molar-refractivity contribution in [3.63, 3.8) is 0 Å². The minimum Gasteiger partial charge on any atom is -0.366 e. The third kappa shape index (κ3) is 3.21. The van der Waals surface area contributed by atoms with E-state index in [2.05, 4.69) is 26.3 Å². The fourth-order valence-corrected chi connectivity index (χ4v) is 3.43. The third-order valence-corrected chi connectivity index (χ3v) is 4.91. The molecule has 1 fully saturated rings. The summed E-state index contributed by atoms with van der Waals surface area (Å²) in [6.45, 7) is 1.64. The zero-order chi connectivity index (χ0) is 19.2. The SMILES string of the molecule is Cc1cc(Cl)cc(C(N)=O)c1NC(=O)c1cc(Br)nn1C1(C(F)F)CC1. The minimum absolute atomic E-state index is 0.0310. The van der Waals surface area contributed by atoms with Crippen molar-refractivity contribution in [2.24, 2.45) is 5.73 Å². The van der Waals surface area contributed by atoms with Crippen molar-refractivity contribution < 1.29 is 18.4 Å². The van der Waals surface area contributed by atoms with E-state index in [1.54, 1.807) is 13.0 Å². The van der Waals surface area contributed by atoms with E-state index in [9.17, 15) is 18.4 Å². The maximum atomic E-state index is 13.4. The minimum atomic E-state index is -2.65. The summed E-state index contributed by atoms with van der Waals surface area (Å²) in [4.78, 5) is 24.4. The van der Waals surface area contributed by atoms with Crippen molar-refractivity contribution >= 4 is 45.0 Å². The van der Waals surface area contributed by atoms with E-state index >= 15 is 0 Å². The third-order valence-electron chi connectivity index (χ3n) is 4.31. The molecule has 0 radical (unpaired) electrons. The lowest BCUT2D eigenvalue weighted by atomic mass is 10.1. The molecule has 0 saturated heterocycles. The topological polar surface area (TPSA) is 90.0 Å². The van der Waals surface area contributed by atoms with Crippen molar-refractivity contribution in [1.29, 1.82) is 0 Å². The molecule has 2 aromatic rings. The van der Waals surface area contributed by atoms with E-state index in [0.29, 0.717) is 5.56 Å². The van der Waals surface area contributed by atoms with E-state index < -0.39 is 23.8 Å². The molecule has 0 aliphatic heterocycles. The standard InChI is InChI=1S/C16H14BrClF2N4O2/c1-7-4-8(18)5-9(13(21)25)12(7)22-14(26)10-6-11(17)23-24(10)16(2-3-16)15(19)20/h4-6,15H,2-3H2,1H3,(H2,21,25)(H,22,26). The summed E-state index contributed by atoms with van der Waals surface area (Å²) in [5, 5.41) is 6.86. The van der Waals surface area contributed by atoms with Crippen molar-refractivity contribution in [1.82, 2.24) is 9.78 Å². The molecule has 0 unspecified atom stereocenters. The lowest BCUT2D eigenvalue weighted by Gasteiger charge is -2.18. The fraction of sp³-hybridized carbons (Fsp3) is 0.312. The Balaban J connectivity index is 2.00. The molecular weight excluding hydrogens is 434 g/mol. The molecule has 3 rings (SSSR count). The van der Waals surface area contributed by atoms with Crippen LogP contribution in [0.2, 0.25) is 5.02 Å². The highest BCUT2D eigenvalue weighted by molar-refractivity contribution is 9.10. The van der Waals surface area contributed by atoms with Crippen LogP contribution in [0.25, 0.3) is 0 Å². The first-order valence-electron chi connectivity index (χ1n) is 7.61. The van der Waals surface area contributed by atoms with Crippen LogP contribution in [-0.2, 0) is 5.54 Å². The molecule has 1 heterocycles. The number of carbonyl (C=O) groups excluding carboxylic acids is 2. The molecule has 6 nitrogen and oxygen atoms in total. The van der Waals surface area contributed by atoms with Gasteiger partial charge < -0.3 is 11.1 Å². The Labute approximate surface area is 160 Å². The van der Waals surface area contributed by atoms with Crippen LogP contribution in [0, 0.1) is 6.92 Å². The van der Waals surface area contributed by atoms with Crippen molar-refractivity contribution in [3.05, 3.63) is 44.6 Å². The van der Waals surface area contributed by atoms with Crippen LogP contribution < -0.4 is 11.1 Å². The van der Waals surface area contributed by atoms with Gasteiger partial charge in [-0.25, -0.2) is 13.5 Å². The predicted molar refractivity (Wildman–Crippen MR) is 95.8 cm³/mol. The number of amides is 2. The number of benzene rings is 1. The molecule has 138 valence electrons. The zero-order valence-corrected chi connectivity index (χ0v) is 15.9. The van der Waals surface area contributed by atoms with E-state index in [0.717, 1.165) is 4.68 Å². The van der Waals surface area contributed by atoms with Gasteiger partial charge in [-0.05, 0) is 53.4 Å². The molecule has 1 aromatic carbocycles. The van der Waals surface area contributed by atoms with Crippen molar-refractivity contribution in [3.8, 4) is 0 Å². The van der Waals surface area contributed by atoms with Gasteiger partial charge in [-0.3, -0.25) is 9.59 Å². The number of hydrogen-bond donors (Lipinski definition) is 2. The number of carbonyl (C=O) groups is 2. The first kappa shape index (κ1) is 18.8. The number of nitrogens with one attached hydrogen (secondary N) is 1. The second kappa shape index (κ2) is 6.62. The lowest BCUT2D eigenvalue weighted by molar-refractivity contribution is 0.0579. The van der Waals surface area contributed by atoms with E-state index in [1.165, 1.54) is 12.1 Å². The Bertz CT molecular complexity index is 912. The van der Waals surface area contributed by atoms with Gasteiger partial charge in [0.2, 0.25) is 0 Å². The van der Waals surface area contributed by atoms with Gasteiger partial charge in [-0.15, -0.1) is 0 Å². The molecule has 1 aliphatic carbocycles. The highest BCUT2D eigenvalue weighted by atomic mass is 79.9. The number of rotatable bonds is 5. The van der Waals surface area contributed by atoms with E-state index in [4.69, 9.17) is 17.3 Å². The largest absolute Gasteiger partial charge is 0.366 e. The van der Waals surface area contributed by atoms with Crippen molar-refractivity contribution in [2.45, 2.75) is 31.7 Å². The monoisotopic (exact) mass is 446 g/mol. The van der Waals surface area contributed by atoms with Gasteiger partial charge in [-0.1, -0.05) is 11.6 Å². The Morgan fingerprint density at radius 1 is 1.38 bits per heavy atom. The quantitative estimate of drug-likeness (QED) is 0.732. The second-order valence-corrected chi connectivity index (χ2v) is 7.38. The van der Waals surface area contributed by atoms with Gasteiger partial charge in [0.25, 0.3) is 18.2 Å². The molecule has 3 N–H and O–H groups in total. The summed E-state index contributed by atoms with van der Waals surface area (Å²) in [5.74, 6) is -1.45. The molecular formula is C16H14BrClF2N4O2.